The van der Waals surface area contributed by atoms with Crippen LogP contribution in [0.15, 0.2) is 18.1 Å². The molecule has 0 fully saturated rings. The van der Waals surface area contributed by atoms with Gasteiger partial charge in [0.05, 0.1) is 26.4 Å². The Morgan fingerprint density at radius 2 is 0.607 bits per heavy atom. The highest BCUT2D eigenvalue weighted by Crippen LogP contribution is 2.80. The van der Waals surface area contributed by atoms with E-state index in [4.69, 9.17) is 36.2 Å². The standard InChI is InChI=1S/C12H32N4O8P4/c1-9-21-25(17-5)13-26(18-6,22-10-2)15-28(20-8,24-12-4)16-27(14-25,19-7)23-11-3/h9-12H2,1-8H3. The Bertz CT molecular complexity index is 586. The molecule has 1 aliphatic heterocycles. The quantitative estimate of drug-likeness (QED) is 0.287. The molecule has 28 heavy (non-hydrogen) atoms. The highest BCUT2D eigenvalue weighted by atomic mass is 31.3. The molecule has 0 saturated heterocycles. The minimum absolute atomic E-state index is 0.274. The Hall–Kier alpha value is 0.600. The van der Waals surface area contributed by atoms with Crippen LogP contribution in [0.3, 0.4) is 0 Å². The number of nitrogens with zero attached hydrogens (tertiary/aromatic N) is 4. The molecule has 16 heteroatoms. The molecule has 1 rings (SSSR count). The number of hydrogen-bond acceptors (Lipinski definition) is 12. The number of rotatable bonds is 12. The lowest BCUT2D eigenvalue weighted by Crippen LogP contribution is -2.01. The van der Waals surface area contributed by atoms with Crippen molar-refractivity contribution in [3.63, 3.8) is 0 Å². The first-order valence-corrected chi connectivity index (χ1v) is 14.8. The fraction of sp³-hybridized carbons (Fsp3) is 1.00. The highest BCUT2D eigenvalue weighted by molar-refractivity contribution is 7.78. The van der Waals surface area contributed by atoms with E-state index in [2.05, 4.69) is 18.1 Å². The van der Waals surface area contributed by atoms with Gasteiger partial charge < -0.3 is 36.2 Å². The predicted molar refractivity (Wildman–Crippen MR) is 112 cm³/mol. The highest BCUT2D eigenvalue weighted by Gasteiger charge is 2.41. The van der Waals surface area contributed by atoms with Crippen molar-refractivity contribution in [1.82, 2.24) is 0 Å². The molecular formula is C12H32N4O8P4. The minimum Gasteiger partial charge on any atom is -0.310 e. The topological polar surface area (TPSA) is 123 Å². The van der Waals surface area contributed by atoms with Crippen LogP contribution in [0.2, 0.25) is 0 Å². The van der Waals surface area contributed by atoms with Crippen molar-refractivity contribution in [3.8, 4) is 0 Å². The maximum absolute atomic E-state index is 5.83. The van der Waals surface area contributed by atoms with Crippen LogP contribution in [0.4, 0.5) is 0 Å². The van der Waals surface area contributed by atoms with E-state index in [9.17, 15) is 0 Å². The molecule has 0 saturated carbocycles. The van der Waals surface area contributed by atoms with Gasteiger partial charge in [-0.3, -0.25) is 0 Å². The molecule has 0 aromatic rings. The van der Waals surface area contributed by atoms with Crippen LogP contribution < -0.4 is 0 Å². The Kier molecular flexibility index (Phi) is 11.3. The second-order valence-electron chi connectivity index (χ2n) is 4.72. The summed E-state index contributed by atoms with van der Waals surface area (Å²) in [5.74, 6) is 0. The zero-order valence-electron chi connectivity index (χ0n) is 17.7. The monoisotopic (exact) mass is 484 g/mol. The third-order valence-electron chi connectivity index (χ3n) is 3.04. The molecule has 0 unspecified atom stereocenters. The number of hydrogen-bond donors (Lipinski definition) is 0. The molecule has 0 spiro atoms. The van der Waals surface area contributed by atoms with Crippen molar-refractivity contribution in [2.24, 2.45) is 18.1 Å². The molecule has 0 aromatic heterocycles. The van der Waals surface area contributed by atoms with Crippen LogP contribution in [0.25, 0.3) is 0 Å². The summed E-state index contributed by atoms with van der Waals surface area (Å²) in [6, 6.07) is 0. The Morgan fingerprint density at radius 3 is 0.714 bits per heavy atom. The zero-order chi connectivity index (χ0) is 21.3. The summed E-state index contributed by atoms with van der Waals surface area (Å²) in [6.07, 6.45) is 0. The van der Waals surface area contributed by atoms with Gasteiger partial charge >= 0.3 is 30.6 Å². The van der Waals surface area contributed by atoms with Crippen molar-refractivity contribution >= 4 is 30.6 Å². The van der Waals surface area contributed by atoms with Gasteiger partial charge in [0.15, 0.2) is 0 Å². The van der Waals surface area contributed by atoms with Crippen LogP contribution in [0.5, 0.6) is 0 Å². The molecule has 12 nitrogen and oxygen atoms in total. The van der Waals surface area contributed by atoms with Crippen LogP contribution in [0, 0.1) is 0 Å². The molecule has 0 aliphatic carbocycles. The van der Waals surface area contributed by atoms with Gasteiger partial charge in [-0.2, -0.15) is 0 Å². The maximum atomic E-state index is 5.83. The summed E-state index contributed by atoms with van der Waals surface area (Å²) < 4.78 is 64.4. The molecular weight excluding hydrogens is 452 g/mol. The van der Waals surface area contributed by atoms with E-state index in [0.29, 0.717) is 0 Å². The van der Waals surface area contributed by atoms with Gasteiger partial charge in [0.25, 0.3) is 0 Å². The molecule has 0 amide bonds. The molecule has 0 radical (unpaired) electrons. The second kappa shape index (κ2) is 11.8. The fourth-order valence-electron chi connectivity index (χ4n) is 2.03. The van der Waals surface area contributed by atoms with Gasteiger partial charge in [0.1, 0.15) is 0 Å². The van der Waals surface area contributed by atoms with E-state index in [-0.39, 0.29) is 26.4 Å². The molecule has 0 bridgehead atoms. The lowest BCUT2D eigenvalue weighted by molar-refractivity contribution is 0.262. The van der Waals surface area contributed by atoms with Crippen molar-refractivity contribution in [1.29, 1.82) is 0 Å². The third kappa shape index (κ3) is 6.30. The van der Waals surface area contributed by atoms with E-state index in [0.717, 1.165) is 0 Å². The smallest absolute Gasteiger partial charge is 0.310 e. The van der Waals surface area contributed by atoms with Gasteiger partial charge in [-0.25, -0.2) is 0 Å². The first-order valence-electron chi connectivity index (χ1n) is 8.68. The maximum Gasteiger partial charge on any atom is 0.348 e. The zero-order valence-corrected chi connectivity index (χ0v) is 21.2. The third-order valence-corrected chi connectivity index (χ3v) is 14.6. The summed E-state index contributed by atoms with van der Waals surface area (Å²) in [4.78, 5) is 0. The van der Waals surface area contributed by atoms with Gasteiger partial charge in [-0.15, -0.1) is 18.1 Å². The first-order chi connectivity index (χ1) is 13.3. The van der Waals surface area contributed by atoms with Gasteiger partial charge in [0, 0.05) is 28.4 Å². The van der Waals surface area contributed by atoms with Crippen molar-refractivity contribution in [3.05, 3.63) is 0 Å². The van der Waals surface area contributed by atoms with Crippen LogP contribution in [-0.4, -0.2) is 54.9 Å². The first kappa shape index (κ1) is 26.6. The average Bonchev–Trinajstić information content (AvgIpc) is 2.67. The lowest BCUT2D eigenvalue weighted by Gasteiger charge is -2.31. The van der Waals surface area contributed by atoms with E-state index < -0.39 is 30.6 Å². The van der Waals surface area contributed by atoms with Gasteiger partial charge in [0.2, 0.25) is 0 Å². The molecule has 0 aromatic carbocycles. The summed E-state index contributed by atoms with van der Waals surface area (Å²) in [5, 5.41) is 0. The average molecular weight is 484 g/mol. The summed E-state index contributed by atoms with van der Waals surface area (Å²) >= 11 is 0. The minimum atomic E-state index is -3.30. The van der Waals surface area contributed by atoms with Crippen LogP contribution in [0.1, 0.15) is 27.7 Å². The molecule has 1 heterocycles. The second-order valence-corrected chi connectivity index (χ2v) is 14.0. The van der Waals surface area contributed by atoms with Crippen molar-refractivity contribution < 1.29 is 36.2 Å². The van der Waals surface area contributed by atoms with E-state index >= 15 is 0 Å². The fourth-order valence-corrected chi connectivity index (χ4v) is 14.2. The SMILES string of the molecule is CCOP1(OC)=NP(OC)(OCC)=NP(OC)(OCC)=NP(OC)(OCC)=N1. The summed E-state index contributed by atoms with van der Waals surface area (Å²) in [6.45, 7) is 8.29. The van der Waals surface area contributed by atoms with Crippen LogP contribution in [-0.2, 0) is 36.2 Å². The predicted octanol–water partition coefficient (Wildman–Crippen LogP) is 6.52. The van der Waals surface area contributed by atoms with Crippen molar-refractivity contribution in [2.45, 2.75) is 27.7 Å². The molecule has 168 valence electrons. The van der Waals surface area contributed by atoms with E-state index in [1.165, 1.54) is 28.4 Å². The summed E-state index contributed by atoms with van der Waals surface area (Å²) in [5.41, 5.74) is 0. The van der Waals surface area contributed by atoms with Crippen molar-refractivity contribution in [2.75, 3.05) is 54.9 Å². The normalized spacial score (nSPS) is 35.7. The Morgan fingerprint density at radius 1 is 0.429 bits per heavy atom. The largest absolute Gasteiger partial charge is 0.348 e. The van der Waals surface area contributed by atoms with Gasteiger partial charge in [-0.05, 0) is 27.7 Å². The molecule has 0 atom stereocenters. The van der Waals surface area contributed by atoms with Crippen LogP contribution >= 0.6 is 30.6 Å². The van der Waals surface area contributed by atoms with Gasteiger partial charge in [-0.1, -0.05) is 0 Å². The lowest BCUT2D eigenvalue weighted by atomic mass is 10.9. The molecule has 0 N–H and O–H groups in total. The Balaban J connectivity index is 4.10. The van der Waals surface area contributed by atoms with E-state index in [1.54, 1.807) is 27.7 Å². The van der Waals surface area contributed by atoms with E-state index in [1.807, 2.05) is 0 Å². The summed E-state index contributed by atoms with van der Waals surface area (Å²) in [7, 11) is -7.44. The Labute approximate surface area is 168 Å². The molecule has 1 aliphatic rings.